The van der Waals surface area contributed by atoms with Crippen molar-refractivity contribution in [3.8, 4) is 0 Å². The molecule has 3 N–H and O–H groups in total. The first kappa shape index (κ1) is 18.5. The number of carbonyl (C=O) groups excluding carboxylic acids is 1. The topological polar surface area (TPSA) is 91.4 Å². The van der Waals surface area contributed by atoms with Crippen LogP contribution < -0.4 is 16.1 Å². The normalized spacial score (nSPS) is 24.5. The fourth-order valence-electron chi connectivity index (χ4n) is 4.81. The van der Waals surface area contributed by atoms with Crippen LogP contribution in [0.4, 0.5) is 17.3 Å². The molecule has 8 heteroatoms. The van der Waals surface area contributed by atoms with E-state index in [-0.39, 0.29) is 11.6 Å². The predicted octanol–water partition coefficient (Wildman–Crippen LogP) is 3.38. The number of Topliss-reactive ketones (excluding diaryl/α,β-unsaturated/α-hetero) is 1. The van der Waals surface area contributed by atoms with Gasteiger partial charge in [-0.1, -0.05) is 6.42 Å². The zero-order chi connectivity index (χ0) is 20.0. The van der Waals surface area contributed by atoms with Crippen molar-refractivity contribution in [2.75, 3.05) is 35.8 Å². The van der Waals surface area contributed by atoms with E-state index in [2.05, 4.69) is 38.0 Å². The van der Waals surface area contributed by atoms with E-state index in [9.17, 15) is 4.79 Å². The lowest BCUT2D eigenvalue weighted by Gasteiger charge is -2.42. The van der Waals surface area contributed by atoms with Crippen molar-refractivity contribution < 1.29 is 9.53 Å². The van der Waals surface area contributed by atoms with Crippen LogP contribution in [0.3, 0.4) is 0 Å². The molecule has 0 radical (unpaired) electrons. The number of rotatable bonds is 4. The number of allylic oxidation sites excluding steroid dienone is 1. The molecule has 29 heavy (non-hydrogen) atoms. The number of ether oxygens (including phenoxy) is 1. The monoisotopic (exact) mass is 398 g/mol. The molecule has 5 rings (SSSR count). The molecule has 0 amide bonds. The van der Waals surface area contributed by atoms with Crippen molar-refractivity contribution in [1.29, 1.82) is 0 Å². The van der Waals surface area contributed by atoms with E-state index in [1.807, 2.05) is 0 Å². The van der Waals surface area contributed by atoms with Gasteiger partial charge in [0.2, 0.25) is 0 Å². The number of nitrogens with zero attached hydrogens (tertiary/aromatic N) is 3. The highest BCUT2D eigenvalue weighted by molar-refractivity contribution is 5.93. The molecule has 0 bridgehead atoms. The Kier molecular flexibility index (Phi) is 4.72. The van der Waals surface area contributed by atoms with E-state index in [4.69, 9.17) is 4.74 Å². The molecule has 3 heterocycles. The first-order valence-corrected chi connectivity index (χ1v) is 10.9. The molecular weight excluding hydrogens is 368 g/mol. The predicted molar refractivity (Wildman–Crippen MR) is 112 cm³/mol. The van der Waals surface area contributed by atoms with Gasteiger partial charge in [0.1, 0.15) is 18.1 Å². The molecule has 8 nitrogen and oxygen atoms in total. The summed E-state index contributed by atoms with van der Waals surface area (Å²) in [5, 5.41) is 9.35. The fourth-order valence-corrected chi connectivity index (χ4v) is 4.81. The molecule has 0 unspecified atom stereocenters. The summed E-state index contributed by atoms with van der Waals surface area (Å²) in [6.07, 6.45) is 7.07. The molecule has 0 aromatic carbocycles. The molecular formula is C21H30N6O2. The maximum absolute atomic E-state index is 12.1. The summed E-state index contributed by atoms with van der Waals surface area (Å²) in [5.41, 5.74) is 5.58. The van der Waals surface area contributed by atoms with Gasteiger partial charge in [0.15, 0.2) is 23.2 Å². The van der Waals surface area contributed by atoms with Gasteiger partial charge in [0.05, 0.1) is 12.2 Å². The van der Waals surface area contributed by atoms with Gasteiger partial charge in [0.25, 0.3) is 0 Å². The number of ketones is 1. The molecule has 0 saturated heterocycles. The van der Waals surface area contributed by atoms with Crippen LogP contribution in [-0.2, 0) is 4.74 Å². The van der Waals surface area contributed by atoms with Crippen LogP contribution in [-0.4, -0.2) is 46.5 Å². The molecule has 4 aliphatic rings. The number of hydrogen-bond donors (Lipinski definition) is 3. The van der Waals surface area contributed by atoms with Crippen molar-refractivity contribution in [2.24, 2.45) is 11.8 Å². The van der Waals surface area contributed by atoms with Crippen LogP contribution in [0.15, 0.2) is 11.5 Å². The van der Waals surface area contributed by atoms with Gasteiger partial charge in [-0.15, -0.1) is 0 Å². The van der Waals surface area contributed by atoms with E-state index >= 15 is 0 Å². The second kappa shape index (κ2) is 7.39. The quantitative estimate of drug-likeness (QED) is 0.665. The Morgan fingerprint density at radius 1 is 1.28 bits per heavy atom. The number of anilines is 3. The summed E-state index contributed by atoms with van der Waals surface area (Å²) in [5.74, 6) is 3.65. The zero-order valence-electron chi connectivity index (χ0n) is 17.3. The molecule has 156 valence electrons. The lowest BCUT2D eigenvalue weighted by molar-refractivity contribution is 0.100. The first-order chi connectivity index (χ1) is 14.1. The smallest absolute Gasteiger partial charge is 0.199 e. The number of aromatic nitrogens is 2. The molecule has 2 aliphatic carbocycles. The minimum absolute atomic E-state index is 0.131. The second-order valence-corrected chi connectivity index (χ2v) is 8.69. The maximum Gasteiger partial charge on any atom is 0.199 e. The molecule has 2 atom stereocenters. The summed E-state index contributed by atoms with van der Waals surface area (Å²) in [6.45, 7) is 5.95. The molecule has 0 spiro atoms. The second-order valence-electron chi connectivity index (χ2n) is 8.69. The summed E-state index contributed by atoms with van der Waals surface area (Å²) in [7, 11) is 0. The standard InChI is InChI=1S/C21H30N6O2/c1-12(14-5-3-6-14)23-20-17-21(25-19(24-20)13(2)28)26-27-9-10-29-16-8-4-7-15(11-22-17)18(16)27/h12,14-15,22H,3-11H2,1-2H3,(H2,23,24,25,26)/t12-,15+/m1/s1. The maximum atomic E-state index is 12.1. The number of carbonyl (C=O) groups is 1. The Balaban J connectivity index is 1.53. The van der Waals surface area contributed by atoms with Crippen LogP contribution in [0.25, 0.3) is 0 Å². The molecule has 1 saturated carbocycles. The Bertz CT molecular complexity index is 846. The number of nitrogens with one attached hydrogen (secondary N) is 3. The summed E-state index contributed by atoms with van der Waals surface area (Å²) in [4.78, 5) is 21.3. The van der Waals surface area contributed by atoms with E-state index in [1.165, 1.54) is 31.9 Å². The van der Waals surface area contributed by atoms with Gasteiger partial charge in [-0.25, -0.2) is 9.97 Å². The van der Waals surface area contributed by atoms with Gasteiger partial charge in [0, 0.05) is 31.8 Å². The molecule has 1 aromatic rings. The molecule has 1 aromatic heterocycles. The van der Waals surface area contributed by atoms with Crippen LogP contribution in [0, 0.1) is 11.8 Å². The van der Waals surface area contributed by atoms with Crippen molar-refractivity contribution in [3.05, 3.63) is 17.3 Å². The fraction of sp³-hybridized carbons (Fsp3) is 0.667. The van der Waals surface area contributed by atoms with Crippen molar-refractivity contribution in [2.45, 2.75) is 58.4 Å². The van der Waals surface area contributed by atoms with E-state index in [0.717, 1.165) is 49.6 Å². The Hall–Kier alpha value is -2.51. The Morgan fingerprint density at radius 3 is 2.90 bits per heavy atom. The van der Waals surface area contributed by atoms with E-state index in [0.29, 0.717) is 30.3 Å². The molecule has 2 aliphatic heterocycles. The van der Waals surface area contributed by atoms with Crippen LogP contribution in [0.1, 0.15) is 63.0 Å². The summed E-state index contributed by atoms with van der Waals surface area (Å²) < 4.78 is 5.96. The van der Waals surface area contributed by atoms with Crippen LogP contribution in [0.5, 0.6) is 0 Å². The highest BCUT2D eigenvalue weighted by Gasteiger charge is 2.35. The lowest BCUT2D eigenvalue weighted by Crippen LogP contribution is -2.44. The zero-order valence-corrected chi connectivity index (χ0v) is 17.3. The third-order valence-electron chi connectivity index (χ3n) is 6.72. The van der Waals surface area contributed by atoms with Gasteiger partial charge < -0.3 is 15.4 Å². The highest BCUT2D eigenvalue weighted by Crippen LogP contribution is 2.40. The first-order valence-electron chi connectivity index (χ1n) is 10.9. The molecule has 1 fully saturated rings. The van der Waals surface area contributed by atoms with Crippen LogP contribution >= 0.6 is 0 Å². The van der Waals surface area contributed by atoms with Crippen molar-refractivity contribution >= 4 is 23.1 Å². The average Bonchev–Trinajstić information content (AvgIpc) is 2.64. The minimum atomic E-state index is -0.131. The van der Waals surface area contributed by atoms with Gasteiger partial charge in [-0.3, -0.25) is 15.2 Å². The lowest BCUT2D eigenvalue weighted by atomic mass is 9.80. The van der Waals surface area contributed by atoms with Crippen molar-refractivity contribution in [1.82, 2.24) is 15.0 Å². The van der Waals surface area contributed by atoms with Gasteiger partial charge in [-0.2, -0.15) is 0 Å². The van der Waals surface area contributed by atoms with E-state index in [1.54, 1.807) is 0 Å². The number of hydrazine groups is 1. The van der Waals surface area contributed by atoms with Gasteiger partial charge in [-0.05, 0) is 38.5 Å². The summed E-state index contributed by atoms with van der Waals surface area (Å²) in [6, 6.07) is 0.315. The SMILES string of the molecule is CC(=O)c1nc(N[C@H](C)C2CCC2)c2c(n1)NN1CCOC3=C1[C@@H](CCC3)CN2. The minimum Gasteiger partial charge on any atom is -0.494 e. The highest BCUT2D eigenvalue weighted by atomic mass is 16.5. The van der Waals surface area contributed by atoms with Gasteiger partial charge >= 0.3 is 0 Å². The Morgan fingerprint density at radius 2 is 2.14 bits per heavy atom. The largest absolute Gasteiger partial charge is 0.494 e. The number of hydrogen-bond acceptors (Lipinski definition) is 8. The average molecular weight is 399 g/mol. The number of fused-ring (bicyclic) bond motifs is 1. The third-order valence-corrected chi connectivity index (χ3v) is 6.72. The summed E-state index contributed by atoms with van der Waals surface area (Å²) >= 11 is 0. The van der Waals surface area contributed by atoms with E-state index < -0.39 is 0 Å². The van der Waals surface area contributed by atoms with Crippen molar-refractivity contribution in [3.63, 3.8) is 0 Å². The third kappa shape index (κ3) is 3.38. The van der Waals surface area contributed by atoms with Crippen LogP contribution in [0.2, 0.25) is 0 Å². The Labute approximate surface area is 171 Å².